The Morgan fingerprint density at radius 3 is 2.85 bits per heavy atom. The molecule has 0 aromatic carbocycles. The number of aromatic nitrogens is 2. The van der Waals surface area contributed by atoms with Crippen LogP contribution >= 0.6 is 0 Å². The summed E-state index contributed by atoms with van der Waals surface area (Å²) in [7, 11) is 1.64. The molecule has 7 heteroatoms. The number of ether oxygens (including phenoxy) is 2. The number of nitrogen functional groups attached to an aromatic ring is 1. The van der Waals surface area contributed by atoms with Gasteiger partial charge in [0.05, 0.1) is 18.9 Å². The van der Waals surface area contributed by atoms with E-state index < -0.39 is 0 Å². The number of carbonyl (C=O) groups is 1. The van der Waals surface area contributed by atoms with Crippen molar-refractivity contribution in [2.45, 2.75) is 26.3 Å². The predicted octanol–water partition coefficient (Wildman–Crippen LogP) is 0.658. The number of rotatable bonds is 10. The van der Waals surface area contributed by atoms with Crippen LogP contribution in [0, 0.1) is 0 Å². The second-order valence-corrected chi connectivity index (χ2v) is 4.36. The number of nitrogens with zero attached hydrogens (tertiary/aromatic N) is 2. The standard InChI is InChI=1S/C13H24N4O3/c1-3-17-10-11(14)12(16-17)13(18)15-6-4-5-7-20-9-8-19-2/h10H,3-9,14H2,1-2H3,(H,15,18). The Morgan fingerprint density at radius 2 is 2.20 bits per heavy atom. The number of hydrogen-bond acceptors (Lipinski definition) is 5. The number of amides is 1. The van der Waals surface area contributed by atoms with Crippen LogP contribution in [0.5, 0.6) is 0 Å². The summed E-state index contributed by atoms with van der Waals surface area (Å²) in [6.07, 6.45) is 3.41. The van der Waals surface area contributed by atoms with E-state index in [1.807, 2.05) is 6.92 Å². The second kappa shape index (κ2) is 9.33. The van der Waals surface area contributed by atoms with Gasteiger partial charge in [-0.2, -0.15) is 5.10 Å². The van der Waals surface area contributed by atoms with Gasteiger partial charge in [-0.3, -0.25) is 9.48 Å². The molecule has 0 fully saturated rings. The van der Waals surface area contributed by atoms with Gasteiger partial charge in [0.2, 0.25) is 0 Å². The summed E-state index contributed by atoms with van der Waals surface area (Å²) in [4.78, 5) is 11.9. The van der Waals surface area contributed by atoms with Crippen LogP contribution in [-0.2, 0) is 16.0 Å². The minimum atomic E-state index is -0.227. The Labute approximate surface area is 119 Å². The molecule has 0 aliphatic heterocycles. The summed E-state index contributed by atoms with van der Waals surface area (Å²) in [6.45, 7) is 5.11. The van der Waals surface area contributed by atoms with Crippen LogP contribution in [0.25, 0.3) is 0 Å². The monoisotopic (exact) mass is 284 g/mol. The van der Waals surface area contributed by atoms with E-state index in [1.54, 1.807) is 18.0 Å². The predicted molar refractivity (Wildman–Crippen MR) is 76.6 cm³/mol. The van der Waals surface area contributed by atoms with Gasteiger partial charge in [0.1, 0.15) is 0 Å². The van der Waals surface area contributed by atoms with Crippen LogP contribution in [-0.4, -0.2) is 49.2 Å². The SMILES string of the molecule is CCn1cc(N)c(C(=O)NCCCCOCCOC)n1. The third-order valence-electron chi connectivity index (χ3n) is 2.76. The minimum Gasteiger partial charge on any atom is -0.396 e. The lowest BCUT2D eigenvalue weighted by atomic mass is 10.3. The first-order chi connectivity index (χ1) is 9.69. The highest BCUT2D eigenvalue weighted by Crippen LogP contribution is 2.08. The van der Waals surface area contributed by atoms with Gasteiger partial charge in [-0.25, -0.2) is 0 Å². The molecule has 0 saturated heterocycles. The fourth-order valence-corrected chi connectivity index (χ4v) is 1.63. The number of hydrogen-bond donors (Lipinski definition) is 2. The second-order valence-electron chi connectivity index (χ2n) is 4.36. The maximum Gasteiger partial charge on any atom is 0.273 e. The van der Waals surface area contributed by atoms with E-state index in [0.29, 0.717) is 44.3 Å². The normalized spacial score (nSPS) is 10.7. The number of aryl methyl sites for hydroxylation is 1. The molecule has 0 atom stereocenters. The molecule has 114 valence electrons. The fourth-order valence-electron chi connectivity index (χ4n) is 1.63. The summed E-state index contributed by atoms with van der Waals surface area (Å²) in [5.74, 6) is -0.227. The van der Waals surface area contributed by atoms with Crippen molar-refractivity contribution in [3.05, 3.63) is 11.9 Å². The maximum absolute atomic E-state index is 11.9. The van der Waals surface area contributed by atoms with Crippen molar-refractivity contribution >= 4 is 11.6 Å². The average Bonchev–Trinajstić information content (AvgIpc) is 2.83. The van der Waals surface area contributed by atoms with Gasteiger partial charge in [0.15, 0.2) is 5.69 Å². The third kappa shape index (κ3) is 5.58. The highest BCUT2D eigenvalue weighted by atomic mass is 16.5. The Hall–Kier alpha value is -1.60. The zero-order valence-electron chi connectivity index (χ0n) is 12.2. The zero-order valence-corrected chi connectivity index (χ0v) is 12.2. The maximum atomic E-state index is 11.9. The third-order valence-corrected chi connectivity index (χ3v) is 2.76. The molecule has 20 heavy (non-hydrogen) atoms. The summed E-state index contributed by atoms with van der Waals surface area (Å²) < 4.78 is 11.8. The summed E-state index contributed by atoms with van der Waals surface area (Å²) >= 11 is 0. The first-order valence-electron chi connectivity index (χ1n) is 6.86. The number of nitrogens with two attached hydrogens (primary N) is 1. The van der Waals surface area contributed by atoms with E-state index in [9.17, 15) is 4.79 Å². The quantitative estimate of drug-likeness (QED) is 0.616. The number of methoxy groups -OCH3 is 1. The largest absolute Gasteiger partial charge is 0.396 e. The molecular formula is C13H24N4O3. The van der Waals surface area contributed by atoms with Crippen molar-refractivity contribution in [2.24, 2.45) is 0 Å². The van der Waals surface area contributed by atoms with Crippen LogP contribution in [0.2, 0.25) is 0 Å². The van der Waals surface area contributed by atoms with Crippen molar-refractivity contribution in [3.8, 4) is 0 Å². The van der Waals surface area contributed by atoms with Gasteiger partial charge in [-0.1, -0.05) is 0 Å². The minimum absolute atomic E-state index is 0.227. The van der Waals surface area contributed by atoms with E-state index >= 15 is 0 Å². The van der Waals surface area contributed by atoms with E-state index in [-0.39, 0.29) is 5.91 Å². The van der Waals surface area contributed by atoms with Crippen molar-refractivity contribution in [2.75, 3.05) is 39.2 Å². The molecule has 1 amide bonds. The number of anilines is 1. The van der Waals surface area contributed by atoms with Crippen LogP contribution in [0.1, 0.15) is 30.3 Å². The molecular weight excluding hydrogens is 260 g/mol. The molecule has 1 aromatic rings. The van der Waals surface area contributed by atoms with Crippen LogP contribution < -0.4 is 11.1 Å². The lowest BCUT2D eigenvalue weighted by Crippen LogP contribution is -2.26. The fraction of sp³-hybridized carbons (Fsp3) is 0.692. The Morgan fingerprint density at radius 1 is 1.40 bits per heavy atom. The van der Waals surface area contributed by atoms with Crippen molar-refractivity contribution in [3.63, 3.8) is 0 Å². The molecule has 0 spiro atoms. The average molecular weight is 284 g/mol. The Bertz CT molecular complexity index is 406. The summed E-state index contributed by atoms with van der Waals surface area (Å²) in [6, 6.07) is 0. The van der Waals surface area contributed by atoms with Crippen LogP contribution in [0.4, 0.5) is 5.69 Å². The van der Waals surface area contributed by atoms with Gasteiger partial charge in [-0.15, -0.1) is 0 Å². The van der Waals surface area contributed by atoms with Gasteiger partial charge >= 0.3 is 0 Å². The number of nitrogens with one attached hydrogen (secondary N) is 1. The first-order valence-corrected chi connectivity index (χ1v) is 6.86. The molecule has 0 radical (unpaired) electrons. The van der Waals surface area contributed by atoms with Crippen molar-refractivity contribution in [1.82, 2.24) is 15.1 Å². The van der Waals surface area contributed by atoms with E-state index in [0.717, 1.165) is 12.8 Å². The Balaban J connectivity index is 2.15. The smallest absolute Gasteiger partial charge is 0.273 e. The van der Waals surface area contributed by atoms with Crippen LogP contribution in [0.3, 0.4) is 0 Å². The number of unbranched alkanes of at least 4 members (excludes halogenated alkanes) is 1. The molecule has 1 heterocycles. The highest BCUT2D eigenvalue weighted by Gasteiger charge is 2.13. The van der Waals surface area contributed by atoms with Gasteiger partial charge < -0.3 is 20.5 Å². The van der Waals surface area contributed by atoms with E-state index in [1.165, 1.54) is 0 Å². The molecule has 0 saturated carbocycles. The number of carbonyl (C=O) groups excluding carboxylic acids is 1. The van der Waals surface area contributed by atoms with E-state index in [2.05, 4.69) is 10.4 Å². The van der Waals surface area contributed by atoms with Crippen molar-refractivity contribution in [1.29, 1.82) is 0 Å². The lowest BCUT2D eigenvalue weighted by Gasteiger charge is -2.05. The molecule has 1 aromatic heterocycles. The van der Waals surface area contributed by atoms with Crippen molar-refractivity contribution < 1.29 is 14.3 Å². The first kappa shape index (κ1) is 16.5. The molecule has 0 aliphatic carbocycles. The topological polar surface area (TPSA) is 91.4 Å². The summed E-state index contributed by atoms with van der Waals surface area (Å²) in [5.41, 5.74) is 6.44. The van der Waals surface area contributed by atoms with Gasteiger partial charge in [-0.05, 0) is 19.8 Å². The summed E-state index contributed by atoms with van der Waals surface area (Å²) in [5, 5.41) is 6.92. The van der Waals surface area contributed by atoms with Gasteiger partial charge in [0.25, 0.3) is 5.91 Å². The highest BCUT2D eigenvalue weighted by molar-refractivity contribution is 5.96. The molecule has 7 nitrogen and oxygen atoms in total. The van der Waals surface area contributed by atoms with E-state index in [4.69, 9.17) is 15.2 Å². The Kier molecular flexibility index (Phi) is 7.67. The molecule has 3 N–H and O–H groups in total. The molecule has 1 rings (SSSR count). The van der Waals surface area contributed by atoms with Crippen LogP contribution in [0.15, 0.2) is 6.20 Å². The lowest BCUT2D eigenvalue weighted by molar-refractivity contribution is 0.0686. The molecule has 0 aliphatic rings. The molecule has 0 bridgehead atoms. The zero-order chi connectivity index (χ0) is 14.8. The molecule has 0 unspecified atom stereocenters. The van der Waals surface area contributed by atoms with Gasteiger partial charge in [0, 0.05) is 33.0 Å².